The molecule has 136 valence electrons. The summed E-state index contributed by atoms with van der Waals surface area (Å²) in [5.41, 5.74) is 0.945. The van der Waals surface area contributed by atoms with Crippen LogP contribution in [0.2, 0.25) is 0 Å². The van der Waals surface area contributed by atoms with Gasteiger partial charge in [-0.1, -0.05) is 42.5 Å². The number of allylic oxidation sites excluding steroid dienone is 2. The third-order valence-electron chi connectivity index (χ3n) is 6.03. The highest BCUT2D eigenvalue weighted by Crippen LogP contribution is 2.50. The van der Waals surface area contributed by atoms with Crippen LogP contribution < -0.4 is 5.32 Å². The molecule has 1 heterocycles. The van der Waals surface area contributed by atoms with Crippen molar-refractivity contribution in [1.82, 2.24) is 10.2 Å². The molecule has 5 rings (SSSR count). The van der Waals surface area contributed by atoms with E-state index in [4.69, 9.17) is 0 Å². The van der Waals surface area contributed by atoms with E-state index in [0.717, 1.165) is 18.4 Å². The monoisotopic (exact) mass is 352 g/mol. The minimum atomic E-state index is -0.776. The number of carbonyl (C=O) groups excluding carboxylic acids is 3. The summed E-state index contributed by atoms with van der Waals surface area (Å²) in [6.45, 7) is 2.31. The normalized spacial score (nSPS) is 30.4. The standard InChI is InChI=1S/C21H24N2O3/c1-2-22-19(24)16(12-13-6-4-3-5-7-13)23-20(25)17-14-8-9-15(11-10-14)18(17)21(23)26/h3-9,14-18H,2,10-12H2,1H3,(H,22,24)/t14-,15-,16-,17-,18-/m0/s1. The number of likely N-dealkylation sites (N-methyl/N-ethyl adjacent to an activating group) is 1. The predicted octanol–water partition coefficient (Wildman–Crippen LogP) is 1.93. The molecule has 5 atom stereocenters. The molecule has 1 aliphatic heterocycles. The molecule has 5 nitrogen and oxygen atoms in total. The van der Waals surface area contributed by atoms with E-state index in [2.05, 4.69) is 17.5 Å². The molecule has 1 N–H and O–H groups in total. The van der Waals surface area contributed by atoms with Crippen molar-refractivity contribution < 1.29 is 14.4 Å². The van der Waals surface area contributed by atoms with Crippen LogP contribution in [0.1, 0.15) is 25.3 Å². The lowest BCUT2D eigenvalue weighted by Gasteiger charge is -2.38. The minimum Gasteiger partial charge on any atom is -0.355 e. The molecule has 1 aromatic rings. The second-order valence-corrected chi connectivity index (χ2v) is 7.49. The van der Waals surface area contributed by atoms with E-state index < -0.39 is 6.04 Å². The summed E-state index contributed by atoms with van der Waals surface area (Å²) in [5, 5.41) is 2.80. The van der Waals surface area contributed by atoms with Crippen LogP contribution in [0, 0.1) is 23.7 Å². The molecule has 3 amide bonds. The summed E-state index contributed by atoms with van der Waals surface area (Å²) >= 11 is 0. The SMILES string of the molecule is CCNC(=O)[C@H](Cc1ccccc1)N1C(=O)[C@@H]2[C@@H](C1=O)[C@H]1C=C[C@H]2CC1. The van der Waals surface area contributed by atoms with Crippen molar-refractivity contribution in [2.24, 2.45) is 23.7 Å². The van der Waals surface area contributed by atoms with Crippen molar-refractivity contribution in [3.63, 3.8) is 0 Å². The molecule has 2 bridgehead atoms. The van der Waals surface area contributed by atoms with Crippen LogP contribution in [0.15, 0.2) is 42.5 Å². The van der Waals surface area contributed by atoms with Gasteiger partial charge in [-0.3, -0.25) is 19.3 Å². The average Bonchev–Trinajstić information content (AvgIpc) is 2.95. The van der Waals surface area contributed by atoms with Gasteiger partial charge in [0.2, 0.25) is 17.7 Å². The summed E-state index contributed by atoms with van der Waals surface area (Å²) in [6, 6.07) is 8.80. The molecule has 1 saturated heterocycles. The van der Waals surface area contributed by atoms with E-state index in [1.807, 2.05) is 37.3 Å². The van der Waals surface area contributed by atoms with E-state index in [1.165, 1.54) is 4.90 Å². The largest absolute Gasteiger partial charge is 0.355 e. The Hall–Kier alpha value is -2.43. The Kier molecular flexibility index (Phi) is 4.39. The fraction of sp³-hybridized carbons (Fsp3) is 0.476. The number of rotatable bonds is 5. The Balaban J connectivity index is 1.66. The molecule has 5 heteroatoms. The summed E-state index contributed by atoms with van der Waals surface area (Å²) in [4.78, 5) is 40.4. The Morgan fingerprint density at radius 2 is 1.65 bits per heavy atom. The lowest BCUT2D eigenvalue weighted by molar-refractivity contribution is -0.148. The molecule has 3 aliphatic carbocycles. The molecule has 0 spiro atoms. The molecule has 4 aliphatic rings. The number of amides is 3. The van der Waals surface area contributed by atoms with Crippen LogP contribution in [0.5, 0.6) is 0 Å². The molecule has 1 aromatic carbocycles. The first-order valence-corrected chi connectivity index (χ1v) is 9.48. The Labute approximate surface area is 153 Å². The first-order valence-electron chi connectivity index (χ1n) is 9.48. The number of benzene rings is 1. The van der Waals surface area contributed by atoms with E-state index in [0.29, 0.717) is 13.0 Å². The van der Waals surface area contributed by atoms with Crippen molar-refractivity contribution in [2.75, 3.05) is 6.54 Å². The number of carbonyl (C=O) groups is 3. The second-order valence-electron chi connectivity index (χ2n) is 7.49. The van der Waals surface area contributed by atoms with Gasteiger partial charge in [0.05, 0.1) is 11.8 Å². The lowest BCUT2D eigenvalue weighted by atomic mass is 9.63. The maximum absolute atomic E-state index is 13.2. The van der Waals surface area contributed by atoms with Crippen LogP contribution in [0.25, 0.3) is 0 Å². The first-order chi connectivity index (χ1) is 12.6. The van der Waals surface area contributed by atoms with Crippen molar-refractivity contribution in [1.29, 1.82) is 0 Å². The number of hydrogen-bond donors (Lipinski definition) is 1. The van der Waals surface area contributed by atoms with Crippen LogP contribution in [0.3, 0.4) is 0 Å². The molecular formula is C21H24N2O3. The van der Waals surface area contributed by atoms with Gasteiger partial charge in [-0.05, 0) is 37.2 Å². The van der Waals surface area contributed by atoms with Gasteiger partial charge >= 0.3 is 0 Å². The zero-order valence-electron chi connectivity index (χ0n) is 14.9. The number of imide groups is 1. The Morgan fingerprint density at radius 1 is 1.08 bits per heavy atom. The van der Waals surface area contributed by atoms with Gasteiger partial charge in [-0.25, -0.2) is 0 Å². The third kappa shape index (κ3) is 2.66. The van der Waals surface area contributed by atoms with E-state index >= 15 is 0 Å². The summed E-state index contributed by atoms with van der Waals surface area (Å²) in [5.74, 6) is -0.858. The fourth-order valence-corrected chi connectivity index (χ4v) is 4.84. The van der Waals surface area contributed by atoms with E-state index in [1.54, 1.807) is 0 Å². The number of nitrogens with one attached hydrogen (secondary N) is 1. The average molecular weight is 352 g/mol. The second kappa shape index (κ2) is 6.71. The number of hydrogen-bond acceptors (Lipinski definition) is 3. The van der Waals surface area contributed by atoms with Gasteiger partial charge in [-0.2, -0.15) is 0 Å². The number of nitrogens with zero attached hydrogens (tertiary/aromatic N) is 1. The van der Waals surface area contributed by atoms with E-state index in [9.17, 15) is 14.4 Å². The van der Waals surface area contributed by atoms with Gasteiger partial charge in [0.15, 0.2) is 0 Å². The highest BCUT2D eigenvalue weighted by atomic mass is 16.2. The van der Waals surface area contributed by atoms with Gasteiger partial charge in [-0.15, -0.1) is 0 Å². The fourth-order valence-electron chi connectivity index (χ4n) is 4.84. The van der Waals surface area contributed by atoms with Crippen molar-refractivity contribution >= 4 is 17.7 Å². The zero-order valence-corrected chi connectivity index (χ0v) is 14.9. The van der Waals surface area contributed by atoms with Crippen molar-refractivity contribution in [2.45, 2.75) is 32.2 Å². The Morgan fingerprint density at radius 3 is 2.15 bits per heavy atom. The highest BCUT2D eigenvalue weighted by Gasteiger charge is 2.58. The Bertz CT molecular complexity index is 726. The predicted molar refractivity (Wildman–Crippen MR) is 96.8 cm³/mol. The van der Waals surface area contributed by atoms with Crippen LogP contribution >= 0.6 is 0 Å². The van der Waals surface area contributed by atoms with Crippen molar-refractivity contribution in [3.8, 4) is 0 Å². The zero-order chi connectivity index (χ0) is 18.3. The van der Waals surface area contributed by atoms with Crippen LogP contribution in [-0.2, 0) is 20.8 Å². The summed E-state index contributed by atoms with van der Waals surface area (Å²) in [7, 11) is 0. The van der Waals surface area contributed by atoms with Gasteiger partial charge < -0.3 is 5.32 Å². The summed E-state index contributed by atoms with van der Waals surface area (Å²) in [6.07, 6.45) is 6.47. The maximum Gasteiger partial charge on any atom is 0.243 e. The minimum absolute atomic E-state index is 0.137. The van der Waals surface area contributed by atoms with Gasteiger partial charge in [0.25, 0.3) is 0 Å². The van der Waals surface area contributed by atoms with E-state index in [-0.39, 0.29) is 41.4 Å². The topological polar surface area (TPSA) is 66.5 Å². The summed E-state index contributed by atoms with van der Waals surface area (Å²) < 4.78 is 0. The van der Waals surface area contributed by atoms with Crippen molar-refractivity contribution in [3.05, 3.63) is 48.0 Å². The number of likely N-dealkylation sites (tertiary alicyclic amines) is 1. The first kappa shape index (κ1) is 17.0. The molecule has 0 aromatic heterocycles. The number of fused-ring (bicyclic) bond motifs is 1. The maximum atomic E-state index is 13.2. The highest BCUT2D eigenvalue weighted by molar-refractivity contribution is 6.09. The lowest BCUT2D eigenvalue weighted by Crippen LogP contribution is -2.51. The van der Waals surface area contributed by atoms with Gasteiger partial charge in [0.1, 0.15) is 6.04 Å². The smallest absolute Gasteiger partial charge is 0.243 e. The molecule has 26 heavy (non-hydrogen) atoms. The molecule has 0 radical (unpaired) electrons. The molecule has 2 fully saturated rings. The van der Waals surface area contributed by atoms with Gasteiger partial charge in [0, 0.05) is 13.0 Å². The van der Waals surface area contributed by atoms with Crippen LogP contribution in [0.4, 0.5) is 0 Å². The quantitative estimate of drug-likeness (QED) is 0.650. The third-order valence-corrected chi connectivity index (χ3v) is 6.03. The molecule has 1 saturated carbocycles. The van der Waals surface area contributed by atoms with Crippen LogP contribution in [-0.4, -0.2) is 35.2 Å². The molecular weight excluding hydrogens is 328 g/mol. The molecule has 0 unspecified atom stereocenters.